The molecule has 4 aromatic carbocycles. The summed E-state index contributed by atoms with van der Waals surface area (Å²) in [4.78, 5) is 2.54. The highest BCUT2D eigenvalue weighted by Gasteiger charge is 2.15. The van der Waals surface area contributed by atoms with Crippen molar-refractivity contribution in [3.8, 4) is 0 Å². The summed E-state index contributed by atoms with van der Waals surface area (Å²) in [5.41, 5.74) is 7.40. The van der Waals surface area contributed by atoms with Crippen molar-refractivity contribution >= 4 is 57.1 Å². The second-order valence-electron chi connectivity index (χ2n) is 7.85. The average Bonchev–Trinajstić information content (AvgIpc) is 3.14. The van der Waals surface area contributed by atoms with Crippen LogP contribution in [0.1, 0.15) is 18.1 Å². The van der Waals surface area contributed by atoms with E-state index in [0.29, 0.717) is 0 Å². The van der Waals surface area contributed by atoms with Crippen LogP contribution in [0.15, 0.2) is 94.7 Å². The fourth-order valence-corrected chi connectivity index (χ4v) is 5.50. The van der Waals surface area contributed by atoms with Crippen LogP contribution in [0.4, 0.5) is 11.4 Å². The van der Waals surface area contributed by atoms with Crippen LogP contribution in [0.25, 0.3) is 34.0 Å². The van der Waals surface area contributed by atoms with Crippen LogP contribution in [0, 0.1) is 0 Å². The van der Waals surface area contributed by atoms with Crippen molar-refractivity contribution in [3.63, 3.8) is 0 Å². The zero-order valence-electron chi connectivity index (χ0n) is 17.3. The lowest BCUT2D eigenvalue weighted by atomic mass is 10.1. The Balaban J connectivity index is 1.34. The maximum absolute atomic E-state index is 3.54. The molecule has 2 nitrogen and oxygen atoms in total. The number of para-hydroxylation sites is 2. The maximum Gasteiger partial charge on any atom is 0.0526 e. The molecule has 6 rings (SSSR count). The van der Waals surface area contributed by atoms with Crippen LogP contribution >= 0.6 is 11.8 Å². The van der Waals surface area contributed by atoms with E-state index < -0.39 is 0 Å². The molecule has 0 atom stereocenters. The first-order valence-electron chi connectivity index (χ1n) is 10.7. The van der Waals surface area contributed by atoms with Crippen LogP contribution in [0.2, 0.25) is 0 Å². The molecule has 5 aromatic rings. The Morgan fingerprint density at radius 3 is 2.32 bits per heavy atom. The molecular weight excluding hydrogens is 396 g/mol. The van der Waals surface area contributed by atoms with Gasteiger partial charge in [0.2, 0.25) is 0 Å². The Bertz CT molecular complexity index is 1480. The van der Waals surface area contributed by atoms with Gasteiger partial charge >= 0.3 is 0 Å². The van der Waals surface area contributed by atoms with Gasteiger partial charge in [-0.25, -0.2) is 0 Å². The van der Waals surface area contributed by atoms with Crippen molar-refractivity contribution < 1.29 is 0 Å². The number of nitrogens with one attached hydrogen (secondary N) is 1. The molecule has 0 bridgehead atoms. The van der Waals surface area contributed by atoms with E-state index in [0.717, 1.165) is 6.54 Å². The molecule has 1 N–H and O–H groups in total. The number of nitrogens with zero attached hydrogens (tertiary/aromatic N) is 1. The Hall–Kier alpha value is -3.43. The van der Waals surface area contributed by atoms with E-state index in [1.807, 2.05) is 11.8 Å². The van der Waals surface area contributed by atoms with Crippen molar-refractivity contribution in [2.24, 2.45) is 0 Å². The van der Waals surface area contributed by atoms with Crippen LogP contribution in [-0.4, -0.2) is 4.57 Å². The van der Waals surface area contributed by atoms with E-state index in [-0.39, 0.29) is 0 Å². The molecule has 0 unspecified atom stereocenters. The van der Waals surface area contributed by atoms with Crippen LogP contribution in [0.3, 0.4) is 0 Å². The Morgan fingerprint density at radius 1 is 0.710 bits per heavy atom. The highest BCUT2D eigenvalue weighted by Crippen LogP contribution is 2.44. The second-order valence-corrected chi connectivity index (χ2v) is 8.93. The first kappa shape index (κ1) is 18.3. The van der Waals surface area contributed by atoms with Gasteiger partial charge < -0.3 is 9.88 Å². The molecular formula is C28H22N2S. The average molecular weight is 419 g/mol. The number of anilines is 2. The number of benzene rings is 4. The van der Waals surface area contributed by atoms with Gasteiger partial charge in [0.1, 0.15) is 0 Å². The third-order valence-corrected chi connectivity index (χ3v) is 7.10. The lowest BCUT2D eigenvalue weighted by Crippen LogP contribution is -1.99. The quantitative estimate of drug-likeness (QED) is 0.292. The predicted octanol–water partition coefficient (Wildman–Crippen LogP) is 8.19. The van der Waals surface area contributed by atoms with Gasteiger partial charge in [-0.1, -0.05) is 66.4 Å². The van der Waals surface area contributed by atoms with Crippen LogP contribution in [-0.2, 0) is 6.54 Å². The maximum atomic E-state index is 3.54. The minimum absolute atomic E-state index is 0.975. The monoisotopic (exact) mass is 418 g/mol. The molecule has 0 spiro atoms. The number of fused-ring (bicyclic) bond motifs is 5. The van der Waals surface area contributed by atoms with Gasteiger partial charge in [0.05, 0.1) is 11.4 Å². The van der Waals surface area contributed by atoms with Crippen molar-refractivity contribution in [3.05, 3.63) is 96.1 Å². The highest BCUT2D eigenvalue weighted by molar-refractivity contribution is 7.99. The molecule has 0 saturated carbocycles. The lowest BCUT2D eigenvalue weighted by Gasteiger charge is -2.20. The summed E-state index contributed by atoms with van der Waals surface area (Å²) in [5.74, 6) is 0. The zero-order chi connectivity index (χ0) is 20.8. The summed E-state index contributed by atoms with van der Waals surface area (Å²) < 4.78 is 2.39. The second kappa shape index (κ2) is 7.36. The number of rotatable bonds is 3. The van der Waals surface area contributed by atoms with Crippen molar-refractivity contribution in [2.75, 3.05) is 5.32 Å². The highest BCUT2D eigenvalue weighted by atomic mass is 32.2. The summed E-state index contributed by atoms with van der Waals surface area (Å²) in [7, 11) is 0. The molecule has 0 fully saturated rings. The number of aromatic nitrogens is 1. The minimum Gasteiger partial charge on any atom is -0.354 e. The van der Waals surface area contributed by atoms with Crippen molar-refractivity contribution in [1.82, 2.24) is 4.57 Å². The summed E-state index contributed by atoms with van der Waals surface area (Å²) in [5, 5.41) is 6.18. The van der Waals surface area contributed by atoms with E-state index in [1.165, 1.54) is 54.1 Å². The van der Waals surface area contributed by atoms with Crippen LogP contribution < -0.4 is 5.32 Å². The number of hydrogen-bond acceptors (Lipinski definition) is 2. The third-order valence-electron chi connectivity index (χ3n) is 5.96. The Labute approximate surface area is 186 Å². The molecule has 0 saturated heterocycles. The van der Waals surface area contributed by atoms with Gasteiger partial charge in [-0.05, 0) is 60.5 Å². The molecule has 31 heavy (non-hydrogen) atoms. The van der Waals surface area contributed by atoms with Gasteiger partial charge in [-0.3, -0.25) is 0 Å². The molecule has 3 heteroatoms. The van der Waals surface area contributed by atoms with E-state index in [4.69, 9.17) is 0 Å². The molecule has 1 aromatic heterocycles. The predicted molar refractivity (Wildman–Crippen MR) is 134 cm³/mol. The molecule has 150 valence electrons. The summed E-state index contributed by atoms with van der Waals surface area (Å²) in [6.07, 6.45) is 4.43. The Morgan fingerprint density at radius 2 is 1.42 bits per heavy atom. The molecule has 2 heterocycles. The summed E-state index contributed by atoms with van der Waals surface area (Å²) >= 11 is 1.83. The third kappa shape index (κ3) is 3.13. The summed E-state index contributed by atoms with van der Waals surface area (Å²) in [6.45, 7) is 3.18. The Kier molecular flexibility index (Phi) is 4.36. The fourth-order valence-electron chi connectivity index (χ4n) is 4.46. The molecule has 0 amide bonds. The van der Waals surface area contributed by atoms with Gasteiger partial charge in [0.25, 0.3) is 0 Å². The topological polar surface area (TPSA) is 17.0 Å². The normalized spacial score (nSPS) is 12.8. The van der Waals surface area contributed by atoms with Gasteiger partial charge in [0, 0.05) is 38.1 Å². The summed E-state index contributed by atoms with van der Waals surface area (Å²) in [6, 6.07) is 30.5. The first-order chi connectivity index (χ1) is 15.3. The largest absolute Gasteiger partial charge is 0.354 e. The van der Waals surface area contributed by atoms with Gasteiger partial charge in [0.15, 0.2) is 0 Å². The van der Waals surface area contributed by atoms with Crippen molar-refractivity contribution in [2.45, 2.75) is 23.3 Å². The molecule has 1 aliphatic heterocycles. The van der Waals surface area contributed by atoms with Crippen LogP contribution in [0.5, 0.6) is 0 Å². The standard InChI is InChI=1S/C28H22N2S/c1-2-30-25-9-5-3-7-21(25)22-17-19(14-16-26(22)30)11-12-20-13-15-24-28(18-20)31-27-10-6-4-8-23(27)29-24/h3-18,29H,2H2,1H3/b12-11+. The lowest BCUT2D eigenvalue weighted by molar-refractivity contribution is 0.827. The molecule has 0 radical (unpaired) electrons. The SMILES string of the molecule is CCn1c2ccccc2c2cc(/C=C/c3ccc4c(c3)Sc3ccccc3N4)ccc21. The first-order valence-corrected chi connectivity index (χ1v) is 11.5. The molecule has 1 aliphatic rings. The van der Waals surface area contributed by atoms with Gasteiger partial charge in [-0.2, -0.15) is 0 Å². The minimum atomic E-state index is 0.975. The van der Waals surface area contributed by atoms with Gasteiger partial charge in [-0.15, -0.1) is 0 Å². The van der Waals surface area contributed by atoms with E-state index in [2.05, 4.69) is 114 Å². The smallest absolute Gasteiger partial charge is 0.0526 e. The van der Waals surface area contributed by atoms with E-state index in [9.17, 15) is 0 Å². The van der Waals surface area contributed by atoms with Crippen molar-refractivity contribution in [1.29, 1.82) is 0 Å². The number of aryl methyl sites for hydroxylation is 1. The van der Waals surface area contributed by atoms with E-state index >= 15 is 0 Å². The zero-order valence-corrected chi connectivity index (χ0v) is 18.1. The van der Waals surface area contributed by atoms with E-state index in [1.54, 1.807) is 0 Å². The molecule has 0 aliphatic carbocycles. The number of hydrogen-bond donors (Lipinski definition) is 1. The fraction of sp³-hybridized carbons (Fsp3) is 0.0714.